The van der Waals surface area contributed by atoms with Crippen LogP contribution in [0.15, 0.2) is 48.5 Å². The fourth-order valence-corrected chi connectivity index (χ4v) is 3.97. The lowest BCUT2D eigenvalue weighted by molar-refractivity contribution is 0.238. The summed E-state index contributed by atoms with van der Waals surface area (Å²) in [6, 6.07) is 17.0. The molecule has 0 atom stereocenters. The number of nitrogens with two attached hydrogens (primary N) is 1. The summed E-state index contributed by atoms with van der Waals surface area (Å²) >= 11 is 0. The largest absolute Gasteiger partial charge is 0.398 e. The molecule has 2 heterocycles. The van der Waals surface area contributed by atoms with Crippen LogP contribution < -0.4 is 5.73 Å². The van der Waals surface area contributed by atoms with Gasteiger partial charge in [-0.2, -0.15) is 0 Å². The van der Waals surface area contributed by atoms with Crippen LogP contribution in [0.1, 0.15) is 43.3 Å². The number of hydrogen-bond acceptors (Lipinski definition) is 3. The highest BCUT2D eigenvalue weighted by atomic mass is 15.2. The Morgan fingerprint density at radius 2 is 1.75 bits per heavy atom. The van der Waals surface area contributed by atoms with Crippen molar-refractivity contribution in [3.8, 4) is 11.4 Å². The van der Waals surface area contributed by atoms with Gasteiger partial charge >= 0.3 is 0 Å². The van der Waals surface area contributed by atoms with Crippen molar-refractivity contribution in [2.45, 2.75) is 45.7 Å². The molecule has 146 valence electrons. The summed E-state index contributed by atoms with van der Waals surface area (Å²) in [6.45, 7) is 9.54. The first-order valence-electron chi connectivity index (χ1n) is 10.0. The van der Waals surface area contributed by atoms with Crippen molar-refractivity contribution in [1.29, 1.82) is 0 Å². The molecule has 0 unspecified atom stereocenters. The highest BCUT2D eigenvalue weighted by Gasteiger charge is 2.24. The first-order valence-corrected chi connectivity index (χ1v) is 10.0. The van der Waals surface area contributed by atoms with Crippen LogP contribution in [-0.4, -0.2) is 21.0 Å². The van der Waals surface area contributed by atoms with Gasteiger partial charge in [-0.05, 0) is 22.6 Å². The van der Waals surface area contributed by atoms with Crippen LogP contribution in [0.4, 0.5) is 5.69 Å². The molecule has 1 aliphatic rings. The first-order chi connectivity index (χ1) is 13.3. The van der Waals surface area contributed by atoms with Gasteiger partial charge in [-0.1, -0.05) is 63.2 Å². The summed E-state index contributed by atoms with van der Waals surface area (Å²) < 4.78 is 2.27. The van der Waals surface area contributed by atoms with Crippen LogP contribution in [0, 0.1) is 0 Å². The Hall–Kier alpha value is -2.59. The zero-order valence-electron chi connectivity index (χ0n) is 17.4. The number of fused-ring (bicyclic) bond motifs is 1. The first kappa shape index (κ1) is 18.8. The Balaban J connectivity index is 1.57. The van der Waals surface area contributed by atoms with Crippen LogP contribution in [-0.2, 0) is 32.0 Å². The third kappa shape index (κ3) is 3.57. The number of para-hydroxylation sites is 1. The molecule has 1 aliphatic heterocycles. The van der Waals surface area contributed by atoms with Crippen molar-refractivity contribution in [2.75, 3.05) is 12.3 Å². The number of imidazole rings is 1. The van der Waals surface area contributed by atoms with E-state index in [1.807, 2.05) is 12.1 Å². The standard InChI is InChI=1S/C24H30N4/c1-24(2,3)19-11-9-17(10-12-19)23-26-21-13-14-28(16-22(21)27(23)4)15-18-7-5-6-8-20(18)25/h5-12H,13-16,25H2,1-4H3. The zero-order chi connectivity index (χ0) is 19.9. The Morgan fingerprint density at radius 1 is 1.04 bits per heavy atom. The zero-order valence-corrected chi connectivity index (χ0v) is 17.4. The van der Waals surface area contributed by atoms with E-state index in [0.29, 0.717) is 0 Å². The van der Waals surface area contributed by atoms with Gasteiger partial charge < -0.3 is 10.3 Å². The van der Waals surface area contributed by atoms with Gasteiger partial charge in [0.2, 0.25) is 0 Å². The summed E-state index contributed by atoms with van der Waals surface area (Å²) in [4.78, 5) is 7.44. The van der Waals surface area contributed by atoms with Crippen molar-refractivity contribution in [2.24, 2.45) is 7.05 Å². The van der Waals surface area contributed by atoms with E-state index in [1.165, 1.54) is 28.1 Å². The summed E-state index contributed by atoms with van der Waals surface area (Å²) in [6.07, 6.45) is 0.982. The van der Waals surface area contributed by atoms with Crippen molar-refractivity contribution >= 4 is 5.69 Å². The second-order valence-electron chi connectivity index (χ2n) is 8.87. The maximum Gasteiger partial charge on any atom is 0.140 e. The Bertz CT molecular complexity index is 977. The Labute approximate surface area is 168 Å². The molecular formula is C24H30N4. The van der Waals surface area contributed by atoms with Gasteiger partial charge in [0.1, 0.15) is 5.82 Å². The molecule has 4 rings (SSSR count). The Morgan fingerprint density at radius 3 is 2.43 bits per heavy atom. The minimum Gasteiger partial charge on any atom is -0.398 e. The van der Waals surface area contributed by atoms with Crippen LogP contribution >= 0.6 is 0 Å². The molecule has 0 spiro atoms. The summed E-state index contributed by atoms with van der Waals surface area (Å²) in [7, 11) is 2.14. The topological polar surface area (TPSA) is 47.1 Å². The van der Waals surface area contributed by atoms with E-state index < -0.39 is 0 Å². The van der Waals surface area contributed by atoms with Crippen molar-refractivity contribution in [3.05, 3.63) is 71.0 Å². The van der Waals surface area contributed by atoms with E-state index in [2.05, 4.69) is 73.7 Å². The molecule has 4 heteroatoms. The molecule has 0 saturated heterocycles. The number of nitrogen functional groups attached to an aromatic ring is 1. The van der Waals surface area contributed by atoms with Gasteiger partial charge in [0.25, 0.3) is 0 Å². The number of aromatic nitrogens is 2. The third-order valence-electron chi connectivity index (χ3n) is 5.79. The van der Waals surface area contributed by atoms with Gasteiger partial charge in [0.15, 0.2) is 0 Å². The predicted molar refractivity (Wildman–Crippen MR) is 116 cm³/mol. The highest BCUT2D eigenvalue weighted by Crippen LogP contribution is 2.29. The van der Waals surface area contributed by atoms with Gasteiger partial charge in [-0.25, -0.2) is 4.98 Å². The smallest absolute Gasteiger partial charge is 0.140 e. The molecule has 0 fully saturated rings. The van der Waals surface area contributed by atoms with Crippen LogP contribution in [0.3, 0.4) is 0 Å². The normalized spacial score (nSPS) is 14.9. The monoisotopic (exact) mass is 374 g/mol. The number of benzene rings is 2. The number of anilines is 1. The molecule has 3 aromatic rings. The SMILES string of the molecule is Cn1c(-c2ccc(C(C)(C)C)cc2)nc2c1CN(Cc1ccccc1N)CC2. The molecule has 2 aromatic carbocycles. The fourth-order valence-electron chi connectivity index (χ4n) is 3.97. The summed E-state index contributed by atoms with van der Waals surface area (Å²) in [5, 5.41) is 0. The maximum atomic E-state index is 6.14. The van der Waals surface area contributed by atoms with Crippen molar-refractivity contribution in [3.63, 3.8) is 0 Å². The summed E-state index contributed by atoms with van der Waals surface area (Å²) in [5.41, 5.74) is 13.5. The average molecular weight is 375 g/mol. The molecule has 0 radical (unpaired) electrons. The molecule has 28 heavy (non-hydrogen) atoms. The van der Waals surface area contributed by atoms with Crippen LogP contribution in [0.2, 0.25) is 0 Å². The van der Waals surface area contributed by atoms with Gasteiger partial charge in [0.05, 0.1) is 11.4 Å². The van der Waals surface area contributed by atoms with Gasteiger partial charge in [-0.3, -0.25) is 4.90 Å². The molecule has 0 saturated carbocycles. The Kier molecular flexibility index (Phi) is 4.76. The van der Waals surface area contributed by atoms with Crippen molar-refractivity contribution in [1.82, 2.24) is 14.5 Å². The van der Waals surface area contributed by atoms with E-state index in [9.17, 15) is 0 Å². The number of nitrogens with zero attached hydrogens (tertiary/aromatic N) is 3. The van der Waals surface area contributed by atoms with E-state index in [4.69, 9.17) is 10.7 Å². The lowest BCUT2D eigenvalue weighted by Gasteiger charge is -2.27. The highest BCUT2D eigenvalue weighted by molar-refractivity contribution is 5.58. The number of rotatable bonds is 3. The van der Waals surface area contributed by atoms with Crippen LogP contribution in [0.5, 0.6) is 0 Å². The van der Waals surface area contributed by atoms with Crippen LogP contribution in [0.25, 0.3) is 11.4 Å². The molecule has 0 aliphatic carbocycles. The number of hydrogen-bond donors (Lipinski definition) is 1. The lowest BCUT2D eigenvalue weighted by Crippen LogP contribution is -2.31. The lowest BCUT2D eigenvalue weighted by atomic mass is 9.87. The quantitative estimate of drug-likeness (QED) is 0.686. The van der Waals surface area contributed by atoms with Crippen molar-refractivity contribution < 1.29 is 0 Å². The third-order valence-corrected chi connectivity index (χ3v) is 5.79. The molecule has 0 amide bonds. The maximum absolute atomic E-state index is 6.14. The molecule has 2 N–H and O–H groups in total. The van der Waals surface area contributed by atoms with Gasteiger partial charge in [-0.15, -0.1) is 0 Å². The minimum absolute atomic E-state index is 0.166. The predicted octanol–water partition coefficient (Wildman–Crippen LogP) is 4.53. The molecule has 1 aromatic heterocycles. The van der Waals surface area contributed by atoms with E-state index in [1.54, 1.807) is 0 Å². The second-order valence-corrected chi connectivity index (χ2v) is 8.87. The van der Waals surface area contributed by atoms with E-state index >= 15 is 0 Å². The molecule has 4 nitrogen and oxygen atoms in total. The molecular weight excluding hydrogens is 344 g/mol. The van der Waals surface area contributed by atoms with Gasteiger partial charge in [0, 0.05) is 44.4 Å². The molecule has 0 bridgehead atoms. The second kappa shape index (κ2) is 7.10. The van der Waals surface area contributed by atoms with E-state index in [-0.39, 0.29) is 5.41 Å². The fraction of sp³-hybridized carbons (Fsp3) is 0.375. The summed E-state index contributed by atoms with van der Waals surface area (Å²) in [5.74, 6) is 1.06. The average Bonchev–Trinajstić information content (AvgIpc) is 2.99. The minimum atomic E-state index is 0.166. The van der Waals surface area contributed by atoms with E-state index in [0.717, 1.165) is 37.6 Å².